The van der Waals surface area contributed by atoms with Crippen molar-refractivity contribution in [1.82, 2.24) is 0 Å². The lowest BCUT2D eigenvalue weighted by Crippen LogP contribution is -2.26. The molecule has 17 heavy (non-hydrogen) atoms. The van der Waals surface area contributed by atoms with E-state index in [1.807, 2.05) is 0 Å². The van der Waals surface area contributed by atoms with E-state index in [4.69, 9.17) is 16.7 Å². The summed E-state index contributed by atoms with van der Waals surface area (Å²) in [5, 5.41) is 18.0. The number of anilines is 1. The number of hydrogen-bond donors (Lipinski definition) is 2. The molecular weight excluding hydrogens is 246 g/mol. The molecule has 1 heterocycles. The van der Waals surface area contributed by atoms with Crippen LogP contribution in [0.2, 0.25) is 0 Å². The zero-order chi connectivity index (χ0) is 12.6. The Hall–Kier alpha value is -1.75. The van der Waals surface area contributed by atoms with Crippen LogP contribution in [-0.2, 0) is 4.79 Å². The topological polar surface area (TPSA) is 77.8 Å². The van der Waals surface area contributed by atoms with Gasteiger partial charge < -0.3 is 15.1 Å². The van der Waals surface area contributed by atoms with Gasteiger partial charge in [-0.05, 0) is 18.2 Å². The number of rotatable bonds is 2. The van der Waals surface area contributed by atoms with Crippen LogP contribution in [0.1, 0.15) is 16.8 Å². The maximum Gasteiger partial charge on any atom is 0.337 e. The van der Waals surface area contributed by atoms with Gasteiger partial charge in [0, 0.05) is 13.0 Å². The van der Waals surface area contributed by atoms with Crippen LogP contribution in [0.3, 0.4) is 0 Å². The quantitative estimate of drug-likeness (QED) is 0.784. The Bertz CT molecular complexity index is 488. The van der Waals surface area contributed by atoms with Crippen LogP contribution in [0.4, 0.5) is 5.69 Å². The molecule has 0 radical (unpaired) electrons. The van der Waals surface area contributed by atoms with E-state index in [0.29, 0.717) is 0 Å². The van der Waals surface area contributed by atoms with Gasteiger partial charge in [0.05, 0.1) is 16.6 Å². The molecule has 90 valence electrons. The van der Waals surface area contributed by atoms with Crippen molar-refractivity contribution in [3.63, 3.8) is 0 Å². The Morgan fingerprint density at radius 2 is 2.18 bits per heavy atom. The first-order valence-corrected chi connectivity index (χ1v) is 5.43. The normalized spacial score (nSPS) is 19.7. The third-order valence-corrected chi connectivity index (χ3v) is 2.87. The summed E-state index contributed by atoms with van der Waals surface area (Å²) in [5.74, 6) is -1.56. The smallest absolute Gasteiger partial charge is 0.337 e. The Morgan fingerprint density at radius 3 is 2.71 bits per heavy atom. The summed E-state index contributed by atoms with van der Waals surface area (Å²) in [4.78, 5) is 24.0. The van der Waals surface area contributed by atoms with Crippen LogP contribution in [0.25, 0.3) is 0 Å². The van der Waals surface area contributed by atoms with Gasteiger partial charge >= 0.3 is 5.97 Å². The standard InChI is InChI=1S/C11H10ClNO4/c12-6-3-10(15)13(5-6)9-2-1-7(14)4-8(9)11(16)17/h1-2,4,6,14H,3,5H2,(H,16,17). The molecule has 1 amide bonds. The predicted molar refractivity (Wildman–Crippen MR) is 61.7 cm³/mol. The number of phenols is 1. The van der Waals surface area contributed by atoms with Gasteiger partial charge in [0.15, 0.2) is 0 Å². The molecule has 1 aromatic carbocycles. The number of halogens is 1. The van der Waals surface area contributed by atoms with Crippen molar-refractivity contribution in [3.8, 4) is 5.75 Å². The van der Waals surface area contributed by atoms with Crippen molar-refractivity contribution in [2.24, 2.45) is 0 Å². The second-order valence-corrected chi connectivity index (χ2v) is 4.43. The fourth-order valence-electron chi connectivity index (χ4n) is 1.83. The highest BCUT2D eigenvalue weighted by Gasteiger charge is 2.31. The number of carboxylic acids is 1. The van der Waals surface area contributed by atoms with Crippen LogP contribution < -0.4 is 4.90 Å². The van der Waals surface area contributed by atoms with Crippen LogP contribution >= 0.6 is 11.6 Å². The van der Waals surface area contributed by atoms with Crippen molar-refractivity contribution in [1.29, 1.82) is 0 Å². The van der Waals surface area contributed by atoms with E-state index in [1.165, 1.54) is 17.0 Å². The number of carbonyl (C=O) groups is 2. The first-order valence-electron chi connectivity index (χ1n) is 5.00. The molecule has 0 aliphatic carbocycles. The Balaban J connectivity index is 2.45. The lowest BCUT2D eigenvalue weighted by Gasteiger charge is -2.18. The lowest BCUT2D eigenvalue weighted by molar-refractivity contribution is -0.117. The SMILES string of the molecule is O=C(O)c1cc(O)ccc1N1CC(Cl)CC1=O. The van der Waals surface area contributed by atoms with Gasteiger partial charge in [-0.25, -0.2) is 4.79 Å². The van der Waals surface area contributed by atoms with Gasteiger partial charge in [-0.15, -0.1) is 11.6 Å². The highest BCUT2D eigenvalue weighted by Crippen LogP contribution is 2.29. The number of aromatic hydroxyl groups is 1. The molecule has 1 aromatic rings. The maximum absolute atomic E-state index is 11.6. The molecule has 0 saturated carbocycles. The van der Waals surface area contributed by atoms with Crippen molar-refractivity contribution in [2.45, 2.75) is 11.8 Å². The minimum absolute atomic E-state index is 0.107. The number of phenolic OH excluding ortho intramolecular Hbond substituents is 1. The van der Waals surface area contributed by atoms with E-state index in [2.05, 4.69) is 0 Å². The molecule has 1 saturated heterocycles. The van der Waals surface area contributed by atoms with E-state index >= 15 is 0 Å². The number of hydrogen-bond acceptors (Lipinski definition) is 3. The largest absolute Gasteiger partial charge is 0.508 e. The minimum atomic E-state index is -1.19. The molecule has 2 rings (SSSR count). The number of benzene rings is 1. The fraction of sp³-hybridized carbons (Fsp3) is 0.273. The molecule has 1 unspecified atom stereocenters. The van der Waals surface area contributed by atoms with Crippen molar-refractivity contribution in [2.75, 3.05) is 11.4 Å². The summed E-state index contributed by atoms with van der Waals surface area (Å²) >= 11 is 5.86. The lowest BCUT2D eigenvalue weighted by atomic mass is 10.1. The number of carboxylic acid groups (broad SMARTS) is 1. The third-order valence-electron chi connectivity index (χ3n) is 2.58. The molecular formula is C11H10ClNO4. The number of nitrogens with zero attached hydrogens (tertiary/aromatic N) is 1. The zero-order valence-corrected chi connectivity index (χ0v) is 9.52. The Labute approximate surface area is 102 Å². The third kappa shape index (κ3) is 2.19. The minimum Gasteiger partial charge on any atom is -0.508 e. The van der Waals surface area contributed by atoms with Crippen LogP contribution in [-0.4, -0.2) is 34.0 Å². The first kappa shape index (κ1) is 11.7. The average molecular weight is 256 g/mol. The molecule has 0 aromatic heterocycles. The summed E-state index contributed by atoms with van der Waals surface area (Å²) < 4.78 is 0. The van der Waals surface area contributed by atoms with Crippen LogP contribution in [0, 0.1) is 0 Å². The van der Waals surface area contributed by atoms with Crippen LogP contribution in [0.15, 0.2) is 18.2 Å². The Morgan fingerprint density at radius 1 is 1.47 bits per heavy atom. The highest BCUT2D eigenvalue weighted by atomic mass is 35.5. The van der Waals surface area contributed by atoms with Crippen LogP contribution in [0.5, 0.6) is 5.75 Å². The monoisotopic (exact) mass is 255 g/mol. The van der Waals surface area contributed by atoms with Gasteiger partial charge in [0.1, 0.15) is 5.75 Å². The van der Waals surface area contributed by atoms with E-state index < -0.39 is 5.97 Å². The summed E-state index contributed by atoms with van der Waals surface area (Å²) in [6.45, 7) is 0.283. The highest BCUT2D eigenvalue weighted by molar-refractivity contribution is 6.24. The van der Waals surface area contributed by atoms with Gasteiger partial charge in [0.25, 0.3) is 0 Å². The number of alkyl halides is 1. The molecule has 1 fully saturated rings. The second kappa shape index (κ2) is 4.25. The van der Waals surface area contributed by atoms with Gasteiger partial charge in [-0.2, -0.15) is 0 Å². The van der Waals surface area contributed by atoms with E-state index in [0.717, 1.165) is 6.07 Å². The summed E-state index contributed by atoms with van der Waals surface area (Å²) in [6.07, 6.45) is 0.196. The van der Waals surface area contributed by atoms with Gasteiger partial charge in [0.2, 0.25) is 5.91 Å². The van der Waals surface area contributed by atoms with Gasteiger partial charge in [-0.1, -0.05) is 0 Å². The maximum atomic E-state index is 11.6. The molecule has 1 atom stereocenters. The van der Waals surface area contributed by atoms with Gasteiger partial charge in [-0.3, -0.25) is 4.79 Å². The molecule has 1 aliphatic rings. The van der Waals surface area contributed by atoms with Crippen molar-refractivity contribution >= 4 is 29.2 Å². The Kier molecular flexibility index (Phi) is 2.93. The fourth-order valence-corrected chi connectivity index (χ4v) is 2.10. The molecule has 1 aliphatic heterocycles. The van der Waals surface area contributed by atoms with Crippen molar-refractivity contribution in [3.05, 3.63) is 23.8 Å². The van der Waals surface area contributed by atoms with E-state index in [9.17, 15) is 14.7 Å². The molecule has 2 N–H and O–H groups in total. The number of amides is 1. The molecule has 6 heteroatoms. The predicted octanol–water partition coefficient (Wildman–Crippen LogP) is 1.43. The summed E-state index contributed by atoms with van der Waals surface area (Å²) in [7, 11) is 0. The molecule has 5 nitrogen and oxygen atoms in total. The molecule has 0 spiro atoms. The van der Waals surface area contributed by atoms with E-state index in [1.54, 1.807) is 0 Å². The number of aromatic carboxylic acids is 1. The zero-order valence-electron chi connectivity index (χ0n) is 8.76. The summed E-state index contributed by atoms with van der Waals surface area (Å²) in [6, 6.07) is 3.87. The molecule has 0 bridgehead atoms. The average Bonchev–Trinajstić information content (AvgIpc) is 2.57. The van der Waals surface area contributed by atoms with Crippen molar-refractivity contribution < 1.29 is 19.8 Å². The summed E-state index contributed by atoms with van der Waals surface area (Å²) in [5.41, 5.74) is 0.160. The van der Waals surface area contributed by atoms with E-state index in [-0.39, 0.29) is 41.3 Å². The first-order chi connectivity index (χ1) is 7.99. The second-order valence-electron chi connectivity index (χ2n) is 3.81. The number of carbonyl (C=O) groups excluding carboxylic acids is 1.